The topological polar surface area (TPSA) is 56.8 Å². The summed E-state index contributed by atoms with van der Waals surface area (Å²) in [6.45, 7) is 0. The van der Waals surface area contributed by atoms with E-state index < -0.39 is 11.7 Å². The van der Waals surface area contributed by atoms with E-state index in [4.69, 9.17) is 14.2 Å². The van der Waals surface area contributed by atoms with Gasteiger partial charge in [0.1, 0.15) is 5.82 Å². The zero-order valence-electron chi connectivity index (χ0n) is 12.8. The second-order valence-corrected chi connectivity index (χ2v) is 5.44. The Morgan fingerprint density at radius 1 is 1.00 bits per heavy atom. The Hall–Kier alpha value is -2.28. The van der Waals surface area contributed by atoms with Crippen LogP contribution in [0, 0.1) is 5.82 Å². The van der Waals surface area contributed by atoms with Crippen molar-refractivity contribution in [2.24, 2.45) is 0 Å². The van der Waals surface area contributed by atoms with Gasteiger partial charge in [0.25, 0.3) is 5.91 Å². The molecule has 0 aliphatic rings. The van der Waals surface area contributed by atoms with Gasteiger partial charge in [-0.3, -0.25) is 4.79 Å². The van der Waals surface area contributed by atoms with E-state index in [-0.39, 0.29) is 5.56 Å². The predicted molar refractivity (Wildman–Crippen MR) is 88.2 cm³/mol. The van der Waals surface area contributed by atoms with Crippen LogP contribution in [0.5, 0.6) is 17.2 Å². The van der Waals surface area contributed by atoms with E-state index in [2.05, 4.69) is 21.2 Å². The second-order valence-electron chi connectivity index (χ2n) is 4.53. The number of hydrogen-bond acceptors (Lipinski definition) is 4. The number of rotatable bonds is 5. The first-order valence-corrected chi connectivity index (χ1v) is 7.35. The van der Waals surface area contributed by atoms with Gasteiger partial charge in [-0.05, 0) is 18.2 Å². The Balaban J connectivity index is 2.34. The minimum Gasteiger partial charge on any atom is -0.493 e. The predicted octanol–water partition coefficient (Wildman–Crippen LogP) is 3.87. The molecule has 122 valence electrons. The molecule has 0 unspecified atom stereocenters. The lowest BCUT2D eigenvalue weighted by molar-refractivity contribution is 0.102. The van der Waals surface area contributed by atoms with Crippen molar-refractivity contribution < 1.29 is 23.4 Å². The minimum absolute atomic E-state index is 0.186. The van der Waals surface area contributed by atoms with Crippen LogP contribution in [0.4, 0.5) is 10.1 Å². The summed E-state index contributed by atoms with van der Waals surface area (Å²) in [6.07, 6.45) is 0. The third kappa shape index (κ3) is 3.92. The molecule has 0 bridgehead atoms. The quantitative estimate of drug-likeness (QED) is 0.851. The maximum atomic E-state index is 13.4. The molecule has 5 nitrogen and oxygen atoms in total. The van der Waals surface area contributed by atoms with Crippen molar-refractivity contribution in [3.05, 3.63) is 46.2 Å². The number of carbonyl (C=O) groups excluding carboxylic acids is 1. The molecule has 0 spiro atoms. The zero-order chi connectivity index (χ0) is 17.0. The van der Waals surface area contributed by atoms with Crippen molar-refractivity contribution >= 4 is 27.5 Å². The average molecular weight is 384 g/mol. The lowest BCUT2D eigenvalue weighted by Gasteiger charge is -2.14. The van der Waals surface area contributed by atoms with Crippen LogP contribution in [0.3, 0.4) is 0 Å². The Morgan fingerprint density at radius 3 is 2.09 bits per heavy atom. The van der Waals surface area contributed by atoms with Crippen LogP contribution in [0.1, 0.15) is 10.4 Å². The van der Waals surface area contributed by atoms with E-state index in [1.807, 2.05) is 0 Å². The Morgan fingerprint density at radius 2 is 1.61 bits per heavy atom. The van der Waals surface area contributed by atoms with Gasteiger partial charge in [-0.15, -0.1) is 0 Å². The Labute approximate surface area is 141 Å². The van der Waals surface area contributed by atoms with E-state index >= 15 is 0 Å². The summed E-state index contributed by atoms with van der Waals surface area (Å²) in [5.74, 6) is 0.264. The largest absolute Gasteiger partial charge is 0.493 e. The van der Waals surface area contributed by atoms with E-state index in [0.29, 0.717) is 27.4 Å². The van der Waals surface area contributed by atoms with Crippen molar-refractivity contribution in [3.8, 4) is 17.2 Å². The molecule has 2 aromatic carbocycles. The summed E-state index contributed by atoms with van der Waals surface area (Å²) in [5.41, 5.74) is 0.621. The third-order valence-electron chi connectivity index (χ3n) is 3.05. The molecule has 0 heterocycles. The van der Waals surface area contributed by atoms with Gasteiger partial charge in [0.15, 0.2) is 11.5 Å². The molecule has 2 rings (SSSR count). The first-order chi connectivity index (χ1) is 11.0. The number of benzene rings is 2. The standard InChI is InChI=1S/C16H15BrFNO4/c1-21-13-7-12(8-14(22-2)15(13)23-3)19-16(20)9-4-10(17)6-11(18)5-9/h4-8H,1-3H3,(H,19,20). The van der Waals surface area contributed by atoms with Crippen molar-refractivity contribution in [1.29, 1.82) is 0 Å². The Bertz CT molecular complexity index is 691. The molecule has 0 aromatic heterocycles. The van der Waals surface area contributed by atoms with Gasteiger partial charge in [-0.25, -0.2) is 4.39 Å². The smallest absolute Gasteiger partial charge is 0.255 e. The molecular weight excluding hydrogens is 369 g/mol. The molecule has 0 fully saturated rings. The lowest BCUT2D eigenvalue weighted by Crippen LogP contribution is -2.12. The SMILES string of the molecule is COc1cc(NC(=O)c2cc(F)cc(Br)c2)cc(OC)c1OC. The van der Waals surface area contributed by atoms with E-state index in [9.17, 15) is 9.18 Å². The number of ether oxygens (including phenoxy) is 3. The maximum absolute atomic E-state index is 13.4. The molecule has 0 atom stereocenters. The van der Waals surface area contributed by atoms with Gasteiger partial charge in [0, 0.05) is 27.9 Å². The van der Waals surface area contributed by atoms with Gasteiger partial charge in [-0.1, -0.05) is 15.9 Å². The van der Waals surface area contributed by atoms with Crippen molar-refractivity contribution in [3.63, 3.8) is 0 Å². The van der Waals surface area contributed by atoms with Crippen LogP contribution in [-0.4, -0.2) is 27.2 Å². The summed E-state index contributed by atoms with van der Waals surface area (Å²) in [4.78, 5) is 12.3. The van der Waals surface area contributed by atoms with Crippen molar-refractivity contribution in [2.75, 3.05) is 26.6 Å². The molecule has 2 aromatic rings. The van der Waals surface area contributed by atoms with E-state index in [0.717, 1.165) is 6.07 Å². The van der Waals surface area contributed by atoms with Crippen molar-refractivity contribution in [2.45, 2.75) is 0 Å². The summed E-state index contributed by atoms with van der Waals surface area (Å²) in [6, 6.07) is 7.13. The molecule has 1 amide bonds. The van der Waals surface area contributed by atoms with Crippen LogP contribution in [0.25, 0.3) is 0 Å². The van der Waals surface area contributed by atoms with Gasteiger partial charge in [0.2, 0.25) is 5.75 Å². The van der Waals surface area contributed by atoms with Crippen LogP contribution < -0.4 is 19.5 Å². The molecule has 0 saturated carbocycles. The molecular formula is C16H15BrFNO4. The molecule has 0 saturated heterocycles. The second kappa shape index (κ2) is 7.32. The number of halogens is 2. The highest BCUT2D eigenvalue weighted by Crippen LogP contribution is 2.40. The fraction of sp³-hybridized carbons (Fsp3) is 0.188. The lowest BCUT2D eigenvalue weighted by atomic mass is 10.2. The number of anilines is 1. The number of carbonyl (C=O) groups is 1. The highest BCUT2D eigenvalue weighted by molar-refractivity contribution is 9.10. The van der Waals surface area contributed by atoms with Gasteiger partial charge < -0.3 is 19.5 Å². The number of nitrogens with one attached hydrogen (secondary N) is 1. The molecule has 7 heteroatoms. The molecule has 0 radical (unpaired) electrons. The number of methoxy groups -OCH3 is 3. The van der Waals surface area contributed by atoms with Crippen LogP contribution >= 0.6 is 15.9 Å². The number of amides is 1. The third-order valence-corrected chi connectivity index (χ3v) is 3.51. The molecule has 1 N–H and O–H groups in total. The highest BCUT2D eigenvalue weighted by atomic mass is 79.9. The van der Waals surface area contributed by atoms with Gasteiger partial charge in [-0.2, -0.15) is 0 Å². The summed E-state index contributed by atoms with van der Waals surface area (Å²) in [7, 11) is 4.45. The first-order valence-electron chi connectivity index (χ1n) is 6.56. The van der Waals surface area contributed by atoms with E-state index in [1.54, 1.807) is 12.1 Å². The first kappa shape index (κ1) is 17.1. The van der Waals surface area contributed by atoms with Gasteiger partial charge in [0.05, 0.1) is 21.3 Å². The molecule has 0 aliphatic carbocycles. The minimum atomic E-state index is -0.505. The fourth-order valence-electron chi connectivity index (χ4n) is 2.04. The average Bonchev–Trinajstić information content (AvgIpc) is 2.52. The molecule has 0 aliphatic heterocycles. The van der Waals surface area contributed by atoms with Crippen LogP contribution in [0.2, 0.25) is 0 Å². The summed E-state index contributed by atoms with van der Waals surface area (Å²) in [5, 5.41) is 2.67. The van der Waals surface area contributed by atoms with Crippen LogP contribution in [-0.2, 0) is 0 Å². The fourth-order valence-corrected chi connectivity index (χ4v) is 2.51. The van der Waals surface area contributed by atoms with E-state index in [1.165, 1.54) is 33.5 Å². The van der Waals surface area contributed by atoms with Gasteiger partial charge >= 0.3 is 0 Å². The monoisotopic (exact) mass is 383 g/mol. The Kier molecular flexibility index (Phi) is 5.44. The summed E-state index contributed by atoms with van der Waals surface area (Å²) >= 11 is 3.15. The normalized spacial score (nSPS) is 10.1. The zero-order valence-corrected chi connectivity index (χ0v) is 14.4. The van der Waals surface area contributed by atoms with Crippen molar-refractivity contribution in [1.82, 2.24) is 0 Å². The maximum Gasteiger partial charge on any atom is 0.255 e. The summed E-state index contributed by atoms with van der Waals surface area (Å²) < 4.78 is 29.5. The number of hydrogen-bond donors (Lipinski definition) is 1. The van der Waals surface area contributed by atoms with Crippen LogP contribution in [0.15, 0.2) is 34.8 Å². The molecule has 23 heavy (non-hydrogen) atoms. The highest BCUT2D eigenvalue weighted by Gasteiger charge is 2.15.